The summed E-state index contributed by atoms with van der Waals surface area (Å²) in [4.78, 5) is 24.5. The second-order valence-electron chi connectivity index (χ2n) is 6.20. The van der Waals surface area contributed by atoms with Crippen LogP contribution in [-0.4, -0.2) is 16.1 Å². The molecule has 5 nitrogen and oxygen atoms in total. The lowest BCUT2D eigenvalue weighted by molar-refractivity contribution is -0.385. The van der Waals surface area contributed by atoms with E-state index in [2.05, 4.69) is 5.32 Å². The van der Waals surface area contributed by atoms with Gasteiger partial charge in [-0.1, -0.05) is 37.1 Å². The molecular formula is C19H20N2O3S. The van der Waals surface area contributed by atoms with Crippen LogP contribution in [0, 0.1) is 17.0 Å². The summed E-state index contributed by atoms with van der Waals surface area (Å²) in [6, 6.07) is 12.4. The number of nitrogens with one attached hydrogen (secondary N) is 1. The minimum atomic E-state index is -0.497. The number of anilines is 1. The molecule has 2 aromatic carbocycles. The molecule has 130 valence electrons. The highest BCUT2D eigenvalue weighted by atomic mass is 32.2. The first-order valence-corrected chi connectivity index (χ1v) is 9.25. The summed E-state index contributed by atoms with van der Waals surface area (Å²) in [6.07, 6.45) is 4.88. The third kappa shape index (κ3) is 4.02. The Bertz CT molecular complexity index is 801. The van der Waals surface area contributed by atoms with Gasteiger partial charge in [-0.15, -0.1) is 11.8 Å². The number of nitro groups is 1. The lowest BCUT2D eigenvalue weighted by Crippen LogP contribution is -2.15. The average Bonchev–Trinajstić information content (AvgIpc) is 3.09. The fourth-order valence-corrected chi connectivity index (χ4v) is 4.46. The Hall–Kier alpha value is -2.34. The zero-order chi connectivity index (χ0) is 17.8. The van der Waals surface area contributed by atoms with Gasteiger partial charge in [0.1, 0.15) is 5.56 Å². The number of rotatable bonds is 5. The molecule has 0 aliphatic heterocycles. The monoisotopic (exact) mass is 356 g/mol. The van der Waals surface area contributed by atoms with Crippen molar-refractivity contribution >= 4 is 29.0 Å². The topological polar surface area (TPSA) is 72.2 Å². The smallest absolute Gasteiger partial charge is 0.285 e. The number of carbonyl (C=O) groups excluding carboxylic acids is 1. The normalized spacial score (nSPS) is 14.4. The van der Waals surface area contributed by atoms with Crippen LogP contribution >= 0.6 is 11.8 Å². The van der Waals surface area contributed by atoms with E-state index < -0.39 is 10.8 Å². The van der Waals surface area contributed by atoms with Crippen molar-refractivity contribution in [2.24, 2.45) is 0 Å². The number of amides is 1. The van der Waals surface area contributed by atoms with Crippen LogP contribution in [0.5, 0.6) is 0 Å². The Morgan fingerprint density at radius 2 is 1.88 bits per heavy atom. The van der Waals surface area contributed by atoms with Crippen molar-refractivity contribution in [1.82, 2.24) is 0 Å². The van der Waals surface area contributed by atoms with Crippen LogP contribution in [-0.2, 0) is 0 Å². The minimum Gasteiger partial charge on any atom is -0.321 e. The lowest BCUT2D eigenvalue weighted by atomic mass is 10.1. The number of carbonyl (C=O) groups is 1. The van der Waals surface area contributed by atoms with E-state index in [1.165, 1.54) is 31.7 Å². The van der Waals surface area contributed by atoms with E-state index in [4.69, 9.17) is 0 Å². The number of aryl methyl sites for hydroxylation is 1. The quantitative estimate of drug-likeness (QED) is 0.591. The van der Waals surface area contributed by atoms with Crippen LogP contribution in [0.1, 0.15) is 41.6 Å². The summed E-state index contributed by atoms with van der Waals surface area (Å²) in [5, 5.41) is 14.8. The molecule has 3 rings (SSSR count). The van der Waals surface area contributed by atoms with Gasteiger partial charge in [0.25, 0.3) is 11.6 Å². The highest BCUT2D eigenvalue weighted by Crippen LogP contribution is 2.38. The molecule has 1 saturated carbocycles. The Morgan fingerprint density at radius 1 is 1.16 bits per heavy atom. The number of thioether (sulfide) groups is 1. The summed E-state index contributed by atoms with van der Waals surface area (Å²) >= 11 is 1.78. The van der Waals surface area contributed by atoms with Crippen LogP contribution in [0.25, 0.3) is 0 Å². The molecular weight excluding hydrogens is 336 g/mol. The molecule has 0 heterocycles. The summed E-state index contributed by atoms with van der Waals surface area (Å²) in [5.74, 6) is -0.449. The maximum atomic E-state index is 12.7. The maximum Gasteiger partial charge on any atom is 0.285 e. The van der Waals surface area contributed by atoms with Crippen molar-refractivity contribution in [1.29, 1.82) is 0 Å². The van der Waals surface area contributed by atoms with E-state index in [9.17, 15) is 14.9 Å². The summed E-state index contributed by atoms with van der Waals surface area (Å²) in [7, 11) is 0. The van der Waals surface area contributed by atoms with Crippen molar-refractivity contribution in [3.8, 4) is 0 Å². The molecule has 0 unspecified atom stereocenters. The lowest BCUT2D eigenvalue weighted by Gasteiger charge is -2.14. The second kappa shape index (κ2) is 7.70. The minimum absolute atomic E-state index is 0.0886. The van der Waals surface area contributed by atoms with Gasteiger partial charge in [0.05, 0.1) is 10.6 Å². The van der Waals surface area contributed by atoms with Crippen molar-refractivity contribution < 1.29 is 9.72 Å². The van der Waals surface area contributed by atoms with Crippen molar-refractivity contribution in [3.63, 3.8) is 0 Å². The molecule has 25 heavy (non-hydrogen) atoms. The Balaban J connectivity index is 1.84. The molecule has 1 aliphatic carbocycles. The SMILES string of the molecule is Cc1cccc(C(=O)Nc2ccccc2SC2CCCC2)c1[N+](=O)[O-]. The van der Waals surface area contributed by atoms with Crippen LogP contribution < -0.4 is 5.32 Å². The molecule has 6 heteroatoms. The van der Waals surface area contributed by atoms with Crippen molar-refractivity contribution in [2.45, 2.75) is 42.8 Å². The van der Waals surface area contributed by atoms with Crippen molar-refractivity contribution in [2.75, 3.05) is 5.32 Å². The molecule has 0 aromatic heterocycles. The Morgan fingerprint density at radius 3 is 2.60 bits per heavy atom. The molecule has 0 radical (unpaired) electrons. The van der Waals surface area contributed by atoms with Gasteiger partial charge in [-0.2, -0.15) is 0 Å². The molecule has 1 aliphatic rings. The van der Waals surface area contributed by atoms with Gasteiger partial charge in [-0.05, 0) is 38.0 Å². The zero-order valence-electron chi connectivity index (χ0n) is 14.0. The van der Waals surface area contributed by atoms with Gasteiger partial charge < -0.3 is 5.32 Å². The van der Waals surface area contributed by atoms with Gasteiger partial charge in [0, 0.05) is 15.7 Å². The van der Waals surface area contributed by atoms with Crippen LogP contribution in [0.4, 0.5) is 11.4 Å². The first kappa shape index (κ1) is 17.5. The number of para-hydroxylation sites is 2. The standard InChI is InChI=1S/C19H20N2O3S/c1-13-7-6-10-15(18(13)21(23)24)19(22)20-16-11-4-5-12-17(16)25-14-8-2-3-9-14/h4-7,10-12,14H,2-3,8-9H2,1H3,(H,20,22). The summed E-state index contributed by atoms with van der Waals surface area (Å²) in [5.41, 5.74) is 1.14. The number of nitrogens with zero attached hydrogens (tertiary/aromatic N) is 1. The van der Waals surface area contributed by atoms with Gasteiger partial charge in [-0.3, -0.25) is 14.9 Å². The van der Waals surface area contributed by atoms with E-state index >= 15 is 0 Å². The van der Waals surface area contributed by atoms with E-state index in [0.717, 1.165) is 4.90 Å². The number of hydrogen-bond acceptors (Lipinski definition) is 4. The van der Waals surface area contributed by atoms with Gasteiger partial charge in [0.2, 0.25) is 0 Å². The third-order valence-electron chi connectivity index (χ3n) is 4.40. The molecule has 0 bridgehead atoms. The van der Waals surface area contributed by atoms with Gasteiger partial charge in [-0.25, -0.2) is 0 Å². The fourth-order valence-electron chi connectivity index (χ4n) is 3.13. The highest BCUT2D eigenvalue weighted by Gasteiger charge is 2.23. The van der Waals surface area contributed by atoms with E-state index in [1.54, 1.807) is 30.8 Å². The zero-order valence-corrected chi connectivity index (χ0v) is 14.8. The highest BCUT2D eigenvalue weighted by molar-refractivity contribution is 8.00. The largest absolute Gasteiger partial charge is 0.321 e. The predicted molar refractivity (Wildman–Crippen MR) is 100 cm³/mol. The first-order chi connectivity index (χ1) is 12.1. The summed E-state index contributed by atoms with van der Waals surface area (Å²) in [6.45, 7) is 1.64. The molecule has 1 amide bonds. The average molecular weight is 356 g/mol. The number of nitro benzene ring substituents is 1. The molecule has 0 spiro atoms. The predicted octanol–water partition coefficient (Wildman–Crippen LogP) is 5.19. The van der Waals surface area contributed by atoms with Crippen LogP contribution in [0.3, 0.4) is 0 Å². The van der Waals surface area contributed by atoms with Crippen molar-refractivity contribution in [3.05, 3.63) is 63.7 Å². The van der Waals surface area contributed by atoms with Gasteiger partial charge in [0.15, 0.2) is 0 Å². The number of hydrogen-bond donors (Lipinski definition) is 1. The van der Waals surface area contributed by atoms with E-state index in [1.807, 2.05) is 24.3 Å². The van der Waals surface area contributed by atoms with E-state index in [-0.39, 0.29) is 11.3 Å². The molecule has 0 atom stereocenters. The molecule has 2 aromatic rings. The molecule has 1 fully saturated rings. The first-order valence-electron chi connectivity index (χ1n) is 8.37. The molecule has 1 N–H and O–H groups in total. The second-order valence-corrected chi connectivity index (χ2v) is 7.54. The Labute approximate surface area is 151 Å². The van der Waals surface area contributed by atoms with Crippen LogP contribution in [0.15, 0.2) is 47.4 Å². The van der Waals surface area contributed by atoms with E-state index in [0.29, 0.717) is 16.5 Å². The van der Waals surface area contributed by atoms with Gasteiger partial charge >= 0.3 is 0 Å². The molecule has 0 saturated heterocycles. The third-order valence-corrected chi connectivity index (χ3v) is 5.81. The number of benzene rings is 2. The summed E-state index contributed by atoms with van der Waals surface area (Å²) < 4.78 is 0. The Kier molecular flexibility index (Phi) is 5.38. The fraction of sp³-hybridized carbons (Fsp3) is 0.316. The van der Waals surface area contributed by atoms with Crippen LogP contribution in [0.2, 0.25) is 0 Å². The maximum absolute atomic E-state index is 12.7.